The molecule has 6 nitrogen and oxygen atoms in total. The average molecular weight is 484 g/mol. The largest absolute Gasteiger partial charge is 0.493 e. The second-order valence-corrected chi connectivity index (χ2v) is 11.8. The zero-order valence-corrected chi connectivity index (χ0v) is 21.8. The van der Waals surface area contributed by atoms with E-state index in [1.165, 1.54) is 19.3 Å². The first kappa shape index (κ1) is 24.5. The Labute approximate surface area is 209 Å². The van der Waals surface area contributed by atoms with E-state index in [2.05, 4.69) is 25.1 Å². The van der Waals surface area contributed by atoms with Crippen LogP contribution in [-0.2, 0) is 0 Å². The number of hydrogen-bond acceptors (Lipinski definition) is 6. The Morgan fingerprint density at radius 1 is 0.943 bits per heavy atom. The van der Waals surface area contributed by atoms with Gasteiger partial charge in [-0.05, 0) is 110 Å². The Morgan fingerprint density at radius 2 is 1.66 bits per heavy atom. The van der Waals surface area contributed by atoms with Gasteiger partial charge in [0, 0.05) is 5.41 Å². The first-order chi connectivity index (χ1) is 16.8. The van der Waals surface area contributed by atoms with Crippen LogP contribution >= 0.6 is 0 Å². The van der Waals surface area contributed by atoms with Gasteiger partial charge in [-0.15, -0.1) is 0 Å². The van der Waals surface area contributed by atoms with Crippen LogP contribution in [0.4, 0.5) is 0 Å². The van der Waals surface area contributed by atoms with Crippen molar-refractivity contribution in [1.82, 2.24) is 0 Å². The lowest BCUT2D eigenvalue weighted by Gasteiger charge is -2.60. The fraction of sp³-hybridized carbons (Fsp3) is 0.690. The third kappa shape index (κ3) is 3.75. The molecule has 35 heavy (non-hydrogen) atoms. The third-order valence-electron chi connectivity index (χ3n) is 10.4. The summed E-state index contributed by atoms with van der Waals surface area (Å²) < 4.78 is 16.6. The van der Waals surface area contributed by atoms with E-state index < -0.39 is 0 Å². The first-order valence-electron chi connectivity index (χ1n) is 13.2. The van der Waals surface area contributed by atoms with Crippen LogP contribution in [-0.4, -0.2) is 43.5 Å². The normalized spacial score (nSPS) is 40.7. The minimum absolute atomic E-state index is 0.111. The van der Waals surface area contributed by atoms with Gasteiger partial charge in [0.15, 0.2) is 11.5 Å². The number of methoxy groups -OCH3 is 3. The van der Waals surface area contributed by atoms with E-state index in [-0.39, 0.29) is 11.5 Å². The van der Waals surface area contributed by atoms with Gasteiger partial charge in [-0.3, -0.25) is 0 Å². The highest BCUT2D eigenvalue weighted by Gasteiger charge is 2.60. The van der Waals surface area contributed by atoms with Crippen molar-refractivity contribution in [3.63, 3.8) is 0 Å². The average Bonchev–Trinajstić information content (AvgIpc) is 3.14. The lowest BCUT2D eigenvalue weighted by atomic mass is 9.45. The molecule has 0 spiro atoms. The van der Waals surface area contributed by atoms with Crippen molar-refractivity contribution >= 4 is 11.8 Å². The molecular formula is C29H41NO5. The first-order valence-corrected chi connectivity index (χ1v) is 13.2. The van der Waals surface area contributed by atoms with E-state index in [4.69, 9.17) is 14.2 Å². The molecule has 1 aromatic rings. The van der Waals surface area contributed by atoms with Crippen LogP contribution in [0.25, 0.3) is 6.08 Å². The summed E-state index contributed by atoms with van der Waals surface area (Å²) >= 11 is 0. The molecule has 7 atom stereocenters. The molecule has 4 fully saturated rings. The van der Waals surface area contributed by atoms with Crippen molar-refractivity contribution < 1.29 is 24.5 Å². The van der Waals surface area contributed by atoms with Crippen molar-refractivity contribution in [2.45, 2.75) is 71.3 Å². The Morgan fingerprint density at radius 3 is 2.29 bits per heavy atom. The van der Waals surface area contributed by atoms with Crippen LogP contribution in [0.3, 0.4) is 0 Å². The van der Waals surface area contributed by atoms with Gasteiger partial charge in [0.25, 0.3) is 0 Å². The molecular weight excluding hydrogens is 442 g/mol. The number of hydrogen-bond donors (Lipinski definition) is 2. The molecule has 0 bridgehead atoms. The molecule has 192 valence electrons. The molecule has 0 amide bonds. The SMILES string of the molecule is COc1cc(/C=C2\CC3C4CC[C@H]5C[C@@H](O)CC[C@]5(C)C4CC[C@]3(C)\C2=N\O)cc(OC)c1OC. The van der Waals surface area contributed by atoms with Crippen LogP contribution in [0.5, 0.6) is 17.2 Å². The van der Waals surface area contributed by atoms with Crippen molar-refractivity contribution in [1.29, 1.82) is 0 Å². The highest BCUT2D eigenvalue weighted by Crippen LogP contribution is 2.66. The van der Waals surface area contributed by atoms with Gasteiger partial charge >= 0.3 is 0 Å². The predicted molar refractivity (Wildman–Crippen MR) is 136 cm³/mol. The maximum atomic E-state index is 10.3. The summed E-state index contributed by atoms with van der Waals surface area (Å²) in [4.78, 5) is 0. The Kier molecular flexibility index (Phi) is 6.31. The number of nitrogens with zero attached hydrogens (tertiary/aromatic N) is 1. The highest BCUT2D eigenvalue weighted by molar-refractivity contribution is 6.09. The van der Waals surface area contributed by atoms with Crippen LogP contribution < -0.4 is 14.2 Å². The van der Waals surface area contributed by atoms with Gasteiger partial charge in [0.05, 0.1) is 33.1 Å². The minimum atomic E-state index is -0.119. The van der Waals surface area contributed by atoms with E-state index in [9.17, 15) is 10.3 Å². The summed E-state index contributed by atoms with van der Waals surface area (Å²) in [5.41, 5.74) is 3.12. The molecule has 0 radical (unpaired) electrons. The summed E-state index contributed by atoms with van der Waals surface area (Å²) in [5, 5.41) is 24.5. The summed E-state index contributed by atoms with van der Waals surface area (Å²) in [7, 11) is 4.86. The quantitative estimate of drug-likeness (QED) is 0.409. The van der Waals surface area contributed by atoms with Gasteiger partial charge < -0.3 is 24.5 Å². The topological polar surface area (TPSA) is 80.5 Å². The molecule has 4 saturated carbocycles. The van der Waals surface area contributed by atoms with Gasteiger partial charge in [-0.1, -0.05) is 19.0 Å². The highest BCUT2D eigenvalue weighted by atomic mass is 16.5. The second kappa shape index (κ2) is 9.02. The fourth-order valence-electron chi connectivity index (χ4n) is 8.62. The molecule has 0 aromatic heterocycles. The summed E-state index contributed by atoms with van der Waals surface area (Å²) in [6.07, 6.45) is 10.6. The predicted octanol–water partition coefficient (Wildman–Crippen LogP) is 5.94. The third-order valence-corrected chi connectivity index (χ3v) is 10.4. The van der Waals surface area contributed by atoms with E-state index in [0.717, 1.165) is 49.0 Å². The Bertz CT molecular complexity index is 1010. The minimum Gasteiger partial charge on any atom is -0.493 e. The number of allylic oxidation sites excluding steroid dienone is 1. The summed E-state index contributed by atoms with van der Waals surface area (Å²) in [6.45, 7) is 4.82. The zero-order chi connectivity index (χ0) is 25.0. The molecule has 5 rings (SSSR count). The van der Waals surface area contributed by atoms with E-state index in [0.29, 0.717) is 46.3 Å². The van der Waals surface area contributed by atoms with Crippen LogP contribution in [0.2, 0.25) is 0 Å². The van der Waals surface area contributed by atoms with E-state index in [1.54, 1.807) is 21.3 Å². The fourth-order valence-corrected chi connectivity index (χ4v) is 8.62. The van der Waals surface area contributed by atoms with Gasteiger partial charge in [0.1, 0.15) is 0 Å². The zero-order valence-electron chi connectivity index (χ0n) is 21.8. The number of aliphatic hydroxyl groups is 1. The maximum absolute atomic E-state index is 10.3. The number of aliphatic hydroxyl groups excluding tert-OH is 1. The van der Waals surface area contributed by atoms with Crippen LogP contribution in [0, 0.1) is 34.5 Å². The lowest BCUT2D eigenvalue weighted by molar-refractivity contribution is -0.113. The standard InChI is InChI=1S/C29H41NO5/c1-28-10-8-20(31)16-19(28)6-7-21-22(28)9-11-29(2)23(21)15-18(27(29)30-32)12-17-13-24(33-3)26(35-5)25(14-17)34-4/h12-14,19-23,31-32H,6-11,15-16H2,1-5H3/b18-12+,30-27+/t19-,20-,21?,22?,23?,28-,29-/m0/s1. The molecule has 0 heterocycles. The monoisotopic (exact) mass is 483 g/mol. The number of fused-ring (bicyclic) bond motifs is 5. The summed E-state index contributed by atoms with van der Waals surface area (Å²) in [6, 6.07) is 3.91. The van der Waals surface area contributed by atoms with Crippen molar-refractivity contribution in [2.24, 2.45) is 39.7 Å². The second-order valence-electron chi connectivity index (χ2n) is 11.8. The van der Waals surface area contributed by atoms with Crippen LogP contribution in [0.15, 0.2) is 22.9 Å². The van der Waals surface area contributed by atoms with E-state index >= 15 is 0 Å². The lowest BCUT2D eigenvalue weighted by Crippen LogP contribution is -2.54. The molecule has 4 aliphatic carbocycles. The van der Waals surface area contributed by atoms with Crippen molar-refractivity contribution in [3.05, 3.63) is 23.3 Å². The van der Waals surface area contributed by atoms with Crippen molar-refractivity contribution in [2.75, 3.05) is 21.3 Å². The maximum Gasteiger partial charge on any atom is 0.203 e. The Balaban J connectivity index is 1.49. The molecule has 1 aromatic carbocycles. The smallest absolute Gasteiger partial charge is 0.203 e. The van der Waals surface area contributed by atoms with E-state index in [1.807, 2.05) is 12.1 Å². The number of rotatable bonds is 4. The molecule has 4 aliphatic rings. The van der Waals surface area contributed by atoms with Crippen molar-refractivity contribution in [3.8, 4) is 17.2 Å². The molecule has 3 unspecified atom stereocenters. The summed E-state index contributed by atoms with van der Waals surface area (Å²) in [5.74, 6) is 4.25. The van der Waals surface area contributed by atoms with Crippen LogP contribution in [0.1, 0.15) is 70.8 Å². The Hall–Kier alpha value is -2.21. The molecule has 0 aliphatic heterocycles. The van der Waals surface area contributed by atoms with Gasteiger partial charge in [-0.2, -0.15) is 0 Å². The molecule has 6 heteroatoms. The number of oxime groups is 1. The molecule has 0 saturated heterocycles. The number of benzene rings is 1. The molecule has 2 N–H and O–H groups in total. The number of ether oxygens (including phenoxy) is 3. The van der Waals surface area contributed by atoms with Gasteiger partial charge in [-0.25, -0.2) is 0 Å². The van der Waals surface area contributed by atoms with Gasteiger partial charge in [0.2, 0.25) is 5.75 Å².